The number of hydrogen-bond acceptors (Lipinski definition) is 4. The molecule has 2 aromatic carbocycles. The van der Waals surface area contributed by atoms with Gasteiger partial charge in [-0.2, -0.15) is 0 Å². The fourth-order valence-corrected chi connectivity index (χ4v) is 3.62. The molecule has 0 spiro atoms. The smallest absolute Gasteiger partial charge is 0.333 e. The molecule has 0 bridgehead atoms. The van der Waals surface area contributed by atoms with Gasteiger partial charge in [0.25, 0.3) is 5.91 Å². The zero-order valence-corrected chi connectivity index (χ0v) is 19.2. The highest BCUT2D eigenvalue weighted by Gasteiger charge is 2.35. The van der Waals surface area contributed by atoms with Gasteiger partial charge in [0.2, 0.25) is 0 Å². The SMILES string of the molecule is CCOc1cc(/C=C2/NC(=O)N(c3cccc(Cl)c3)C2=O)cc(Br)c1O[C@@H](C)CC. The van der Waals surface area contributed by atoms with Crippen molar-refractivity contribution in [3.63, 3.8) is 0 Å². The van der Waals surface area contributed by atoms with E-state index in [1.54, 1.807) is 36.4 Å². The summed E-state index contributed by atoms with van der Waals surface area (Å²) in [5, 5.41) is 3.05. The molecule has 1 aliphatic rings. The monoisotopic (exact) mass is 492 g/mol. The maximum absolute atomic E-state index is 12.8. The number of benzene rings is 2. The van der Waals surface area contributed by atoms with Crippen LogP contribution in [0.3, 0.4) is 0 Å². The quantitative estimate of drug-likeness (QED) is 0.392. The van der Waals surface area contributed by atoms with E-state index in [1.807, 2.05) is 26.8 Å². The van der Waals surface area contributed by atoms with Gasteiger partial charge in [0, 0.05) is 5.02 Å². The van der Waals surface area contributed by atoms with Crippen LogP contribution in [0.1, 0.15) is 32.8 Å². The van der Waals surface area contributed by atoms with Crippen LogP contribution in [0.5, 0.6) is 11.5 Å². The van der Waals surface area contributed by atoms with E-state index in [0.717, 1.165) is 11.3 Å². The van der Waals surface area contributed by atoms with E-state index in [9.17, 15) is 9.59 Å². The average molecular weight is 494 g/mol. The minimum Gasteiger partial charge on any atom is -0.490 e. The first kappa shape index (κ1) is 22.2. The molecule has 1 fully saturated rings. The van der Waals surface area contributed by atoms with Crippen LogP contribution in [0.15, 0.2) is 46.6 Å². The molecule has 3 amide bonds. The van der Waals surface area contributed by atoms with Gasteiger partial charge in [-0.1, -0.05) is 24.6 Å². The molecule has 0 aromatic heterocycles. The predicted molar refractivity (Wildman–Crippen MR) is 121 cm³/mol. The number of carbonyl (C=O) groups is 2. The van der Waals surface area contributed by atoms with Crippen molar-refractivity contribution in [1.82, 2.24) is 5.32 Å². The Bertz CT molecular complexity index is 1010. The van der Waals surface area contributed by atoms with Crippen LogP contribution in [0, 0.1) is 0 Å². The number of carbonyl (C=O) groups excluding carboxylic acids is 2. The van der Waals surface area contributed by atoms with E-state index in [-0.39, 0.29) is 11.8 Å². The Morgan fingerprint density at radius 1 is 1.23 bits per heavy atom. The number of halogens is 2. The molecule has 0 radical (unpaired) electrons. The molecule has 1 saturated heterocycles. The molecule has 30 heavy (non-hydrogen) atoms. The number of nitrogens with one attached hydrogen (secondary N) is 1. The Hall–Kier alpha value is -2.51. The number of hydrogen-bond donors (Lipinski definition) is 1. The summed E-state index contributed by atoms with van der Waals surface area (Å²) in [5.74, 6) is 0.703. The fourth-order valence-electron chi connectivity index (χ4n) is 2.88. The molecule has 0 saturated carbocycles. The molecule has 6 nitrogen and oxygen atoms in total. The molecule has 1 heterocycles. The highest BCUT2D eigenvalue weighted by Crippen LogP contribution is 2.38. The molecule has 0 aliphatic carbocycles. The fraction of sp³-hybridized carbons (Fsp3) is 0.273. The van der Waals surface area contributed by atoms with Crippen LogP contribution < -0.4 is 19.7 Å². The van der Waals surface area contributed by atoms with Crippen molar-refractivity contribution >= 4 is 51.2 Å². The summed E-state index contributed by atoms with van der Waals surface area (Å²) < 4.78 is 12.4. The van der Waals surface area contributed by atoms with Crippen molar-refractivity contribution in [2.75, 3.05) is 11.5 Å². The van der Waals surface area contributed by atoms with Crippen molar-refractivity contribution < 1.29 is 19.1 Å². The highest BCUT2D eigenvalue weighted by atomic mass is 79.9. The molecule has 1 atom stereocenters. The number of nitrogens with zero attached hydrogens (tertiary/aromatic N) is 1. The first-order valence-electron chi connectivity index (χ1n) is 9.59. The summed E-state index contributed by atoms with van der Waals surface area (Å²) >= 11 is 9.52. The Balaban J connectivity index is 1.94. The summed E-state index contributed by atoms with van der Waals surface area (Å²) in [6, 6.07) is 9.63. The van der Waals surface area contributed by atoms with Crippen LogP contribution >= 0.6 is 27.5 Å². The normalized spacial score (nSPS) is 16.0. The van der Waals surface area contributed by atoms with Gasteiger partial charge in [-0.15, -0.1) is 0 Å². The Kier molecular flexibility index (Phi) is 7.05. The summed E-state index contributed by atoms with van der Waals surface area (Å²) in [5.41, 5.74) is 1.24. The summed E-state index contributed by atoms with van der Waals surface area (Å²) in [6.45, 7) is 6.37. The zero-order valence-electron chi connectivity index (χ0n) is 16.9. The van der Waals surface area contributed by atoms with Gasteiger partial charge in [-0.05, 0) is 78.2 Å². The molecule has 0 unspecified atom stereocenters. The molecule has 1 N–H and O–H groups in total. The molecule has 8 heteroatoms. The number of rotatable bonds is 7. The lowest BCUT2D eigenvalue weighted by atomic mass is 10.1. The van der Waals surface area contributed by atoms with Crippen molar-refractivity contribution in [2.45, 2.75) is 33.3 Å². The predicted octanol–water partition coefficient (Wildman–Crippen LogP) is 5.78. The largest absolute Gasteiger partial charge is 0.490 e. The Labute approximate surface area is 188 Å². The van der Waals surface area contributed by atoms with E-state index >= 15 is 0 Å². The van der Waals surface area contributed by atoms with Gasteiger partial charge >= 0.3 is 6.03 Å². The summed E-state index contributed by atoms with van der Waals surface area (Å²) in [4.78, 5) is 26.3. The third-order valence-corrected chi connectivity index (χ3v) is 5.31. The average Bonchev–Trinajstić information content (AvgIpc) is 2.97. The zero-order chi connectivity index (χ0) is 21.8. The van der Waals surface area contributed by atoms with Crippen molar-refractivity contribution in [2.24, 2.45) is 0 Å². The van der Waals surface area contributed by atoms with Crippen LogP contribution in [-0.2, 0) is 4.79 Å². The first-order valence-corrected chi connectivity index (χ1v) is 10.8. The first-order chi connectivity index (χ1) is 14.3. The van der Waals surface area contributed by atoms with E-state index in [4.69, 9.17) is 21.1 Å². The topological polar surface area (TPSA) is 67.9 Å². The van der Waals surface area contributed by atoms with Crippen LogP contribution in [0.25, 0.3) is 6.08 Å². The maximum atomic E-state index is 12.8. The lowest BCUT2D eigenvalue weighted by Crippen LogP contribution is -2.30. The molecule has 1 aliphatic heterocycles. The third-order valence-electron chi connectivity index (χ3n) is 4.48. The number of urea groups is 1. The van der Waals surface area contributed by atoms with E-state index in [1.165, 1.54) is 0 Å². The van der Waals surface area contributed by atoms with E-state index in [0.29, 0.717) is 38.9 Å². The number of imide groups is 1. The summed E-state index contributed by atoms with van der Waals surface area (Å²) in [6.07, 6.45) is 2.47. The minimum atomic E-state index is -0.533. The second-order valence-corrected chi connectivity index (χ2v) is 8.00. The third kappa shape index (κ3) is 4.79. The standard InChI is InChI=1S/C22H22BrClN2O4/c1-4-13(3)30-20-17(23)9-14(11-19(20)29-5-2)10-18-21(27)26(22(28)25-18)16-8-6-7-15(24)12-16/h6-13H,4-5H2,1-3H3,(H,25,28)/b18-10+/t13-/m0/s1. The molecule has 158 valence electrons. The molecular weight excluding hydrogens is 472 g/mol. The second kappa shape index (κ2) is 9.53. The lowest BCUT2D eigenvalue weighted by molar-refractivity contribution is -0.113. The number of ether oxygens (including phenoxy) is 2. The minimum absolute atomic E-state index is 0.0201. The van der Waals surface area contributed by atoms with Crippen LogP contribution in [0.2, 0.25) is 5.02 Å². The van der Waals surface area contributed by atoms with Gasteiger partial charge in [0.15, 0.2) is 11.5 Å². The maximum Gasteiger partial charge on any atom is 0.333 e. The van der Waals surface area contributed by atoms with Gasteiger partial charge < -0.3 is 14.8 Å². The van der Waals surface area contributed by atoms with Crippen LogP contribution in [0.4, 0.5) is 10.5 Å². The number of amides is 3. The van der Waals surface area contributed by atoms with Crippen molar-refractivity contribution in [3.8, 4) is 11.5 Å². The van der Waals surface area contributed by atoms with Gasteiger partial charge in [-0.3, -0.25) is 4.79 Å². The molecular formula is C22H22BrClN2O4. The molecule has 3 rings (SSSR count). The van der Waals surface area contributed by atoms with Gasteiger partial charge in [-0.25, -0.2) is 9.69 Å². The van der Waals surface area contributed by atoms with Crippen molar-refractivity contribution in [1.29, 1.82) is 0 Å². The van der Waals surface area contributed by atoms with Gasteiger partial charge in [0.1, 0.15) is 5.70 Å². The van der Waals surface area contributed by atoms with Crippen molar-refractivity contribution in [3.05, 3.63) is 57.2 Å². The Morgan fingerprint density at radius 3 is 2.67 bits per heavy atom. The summed E-state index contributed by atoms with van der Waals surface area (Å²) in [7, 11) is 0. The van der Waals surface area contributed by atoms with E-state index < -0.39 is 11.9 Å². The van der Waals surface area contributed by atoms with Crippen LogP contribution in [-0.4, -0.2) is 24.6 Å². The second-order valence-electron chi connectivity index (χ2n) is 6.71. The van der Waals surface area contributed by atoms with E-state index in [2.05, 4.69) is 21.2 Å². The Morgan fingerprint density at radius 2 is 2.00 bits per heavy atom. The van der Waals surface area contributed by atoms with Gasteiger partial charge in [0.05, 0.1) is 22.9 Å². The highest BCUT2D eigenvalue weighted by molar-refractivity contribution is 9.10. The molecule has 2 aromatic rings. The lowest BCUT2D eigenvalue weighted by Gasteiger charge is -2.18. The number of anilines is 1.